The first-order valence-electron chi connectivity index (χ1n) is 12.4. The number of fused-ring (bicyclic) bond motifs is 3. The monoisotopic (exact) mass is 384 g/mol. The number of quaternary nitrogens is 2. The van der Waals surface area contributed by atoms with Crippen molar-refractivity contribution in [2.75, 3.05) is 52.9 Å². The average molecular weight is 385 g/mol. The van der Waals surface area contributed by atoms with Crippen LogP contribution in [0.5, 0.6) is 0 Å². The van der Waals surface area contributed by atoms with E-state index in [4.69, 9.17) is 0 Å². The Hall–Kier alpha value is -0.860. The quantitative estimate of drug-likeness (QED) is 0.380. The van der Waals surface area contributed by atoms with E-state index in [0.29, 0.717) is 0 Å². The Morgan fingerprint density at radius 3 is 2.14 bits per heavy atom. The Bertz CT molecular complexity index is 582. The van der Waals surface area contributed by atoms with E-state index in [2.05, 4.69) is 37.4 Å². The fraction of sp³-hybridized carbons (Fsp3) is 0.769. The highest BCUT2D eigenvalue weighted by Crippen LogP contribution is 2.39. The van der Waals surface area contributed by atoms with Gasteiger partial charge in [-0.25, -0.2) is 0 Å². The van der Waals surface area contributed by atoms with Gasteiger partial charge in [-0.1, -0.05) is 36.8 Å². The summed E-state index contributed by atoms with van der Waals surface area (Å²) in [6.07, 6.45) is 14.6. The van der Waals surface area contributed by atoms with Crippen molar-refractivity contribution in [3.8, 4) is 0 Å². The molecule has 0 N–H and O–H groups in total. The van der Waals surface area contributed by atoms with E-state index in [1.54, 1.807) is 5.56 Å². The molecule has 4 fully saturated rings. The molecule has 4 saturated heterocycles. The van der Waals surface area contributed by atoms with Gasteiger partial charge in [-0.05, 0) is 43.6 Å². The summed E-state index contributed by atoms with van der Waals surface area (Å²) in [4.78, 5) is 0. The number of unbranched alkanes of at least 4 members (excludes halogenated alkanes) is 4. The van der Waals surface area contributed by atoms with Gasteiger partial charge >= 0.3 is 0 Å². The molecule has 1 unspecified atom stereocenters. The lowest BCUT2D eigenvalue weighted by Gasteiger charge is -2.53. The highest BCUT2D eigenvalue weighted by Gasteiger charge is 2.45. The second-order valence-corrected chi connectivity index (χ2v) is 10.7. The van der Waals surface area contributed by atoms with Gasteiger partial charge in [0.2, 0.25) is 0 Å². The molecule has 0 amide bonds. The van der Waals surface area contributed by atoms with Crippen LogP contribution in [0.3, 0.4) is 0 Å². The second kappa shape index (κ2) is 9.30. The lowest BCUT2D eigenvalue weighted by molar-refractivity contribution is -0.947. The number of benzene rings is 1. The molecule has 1 aromatic carbocycles. The Morgan fingerprint density at radius 1 is 0.786 bits per heavy atom. The van der Waals surface area contributed by atoms with Gasteiger partial charge in [-0.3, -0.25) is 0 Å². The Labute approximate surface area is 174 Å². The number of nitrogens with zero attached hydrogens (tertiary/aromatic N) is 2. The van der Waals surface area contributed by atoms with Crippen molar-refractivity contribution < 1.29 is 8.97 Å². The maximum Gasteiger partial charge on any atom is 0.0821 e. The van der Waals surface area contributed by atoms with Gasteiger partial charge in [-0.15, -0.1) is 0 Å². The molecule has 1 atom stereocenters. The molecule has 4 aliphatic heterocycles. The van der Waals surface area contributed by atoms with Gasteiger partial charge in [0.15, 0.2) is 0 Å². The first-order chi connectivity index (χ1) is 13.7. The van der Waals surface area contributed by atoms with Gasteiger partial charge < -0.3 is 8.97 Å². The first kappa shape index (κ1) is 20.4. The molecule has 0 radical (unpaired) electrons. The van der Waals surface area contributed by atoms with Crippen LogP contribution in [-0.4, -0.2) is 61.8 Å². The summed E-state index contributed by atoms with van der Waals surface area (Å²) < 4.78 is 2.83. The van der Waals surface area contributed by atoms with E-state index in [9.17, 15) is 0 Å². The van der Waals surface area contributed by atoms with Crippen molar-refractivity contribution in [3.05, 3.63) is 35.9 Å². The first-order valence-corrected chi connectivity index (χ1v) is 12.4. The van der Waals surface area contributed by atoms with Crippen LogP contribution in [-0.2, 0) is 6.42 Å². The molecule has 0 saturated carbocycles. The molecule has 156 valence electrons. The van der Waals surface area contributed by atoms with Crippen molar-refractivity contribution in [1.29, 1.82) is 0 Å². The molecule has 5 rings (SSSR count). The highest BCUT2D eigenvalue weighted by molar-refractivity contribution is 5.15. The van der Waals surface area contributed by atoms with E-state index in [0.717, 1.165) is 11.8 Å². The van der Waals surface area contributed by atoms with E-state index in [1.165, 1.54) is 119 Å². The number of rotatable bonds is 10. The molecule has 1 aromatic rings. The van der Waals surface area contributed by atoms with Gasteiger partial charge in [0, 0.05) is 31.6 Å². The van der Waals surface area contributed by atoms with Crippen LogP contribution < -0.4 is 0 Å². The Kier molecular flexibility index (Phi) is 6.78. The molecule has 4 heterocycles. The summed E-state index contributed by atoms with van der Waals surface area (Å²) in [5, 5.41) is 0. The van der Waals surface area contributed by atoms with Crippen LogP contribution in [0.1, 0.15) is 63.4 Å². The van der Waals surface area contributed by atoms with Crippen LogP contribution in [0.2, 0.25) is 0 Å². The van der Waals surface area contributed by atoms with Gasteiger partial charge in [-0.2, -0.15) is 0 Å². The smallest absolute Gasteiger partial charge is 0.0821 e. The zero-order valence-electron chi connectivity index (χ0n) is 18.5. The van der Waals surface area contributed by atoms with Crippen molar-refractivity contribution in [2.45, 2.75) is 64.2 Å². The number of hydrogen-bond acceptors (Lipinski definition) is 0. The second-order valence-electron chi connectivity index (χ2n) is 10.7. The maximum absolute atomic E-state index is 2.48. The van der Waals surface area contributed by atoms with Crippen LogP contribution in [0, 0.1) is 11.8 Å². The average Bonchev–Trinajstić information content (AvgIpc) is 3.15. The minimum Gasteiger partial charge on any atom is -0.326 e. The van der Waals surface area contributed by atoms with Crippen molar-refractivity contribution in [2.24, 2.45) is 11.8 Å². The molecule has 28 heavy (non-hydrogen) atoms. The molecular weight excluding hydrogens is 340 g/mol. The van der Waals surface area contributed by atoms with Crippen LogP contribution in [0.4, 0.5) is 0 Å². The summed E-state index contributed by atoms with van der Waals surface area (Å²) in [7, 11) is 2.48. The van der Waals surface area contributed by atoms with Gasteiger partial charge in [0.05, 0.1) is 52.9 Å². The third-order valence-corrected chi connectivity index (χ3v) is 8.55. The SMILES string of the molecule is C[N+]1(CCCCCCC[N+]23CCC(CC2)C(Cc2ccccc2)C3)CCCC1. The summed E-state index contributed by atoms with van der Waals surface area (Å²) in [6, 6.07) is 11.3. The van der Waals surface area contributed by atoms with Crippen LogP contribution in [0.15, 0.2) is 30.3 Å². The number of likely N-dealkylation sites (tertiary alicyclic amines) is 1. The molecule has 0 aromatic heterocycles. The molecule has 4 aliphatic rings. The summed E-state index contributed by atoms with van der Waals surface area (Å²) in [5.74, 6) is 1.95. The van der Waals surface area contributed by atoms with Gasteiger partial charge in [0.1, 0.15) is 0 Å². The van der Waals surface area contributed by atoms with Crippen LogP contribution in [0.25, 0.3) is 0 Å². The number of hydrogen-bond donors (Lipinski definition) is 0. The third-order valence-electron chi connectivity index (χ3n) is 8.55. The van der Waals surface area contributed by atoms with E-state index in [1.807, 2.05) is 0 Å². The Balaban J connectivity index is 1.15. The number of piperidine rings is 3. The summed E-state index contributed by atoms with van der Waals surface area (Å²) >= 11 is 0. The zero-order valence-corrected chi connectivity index (χ0v) is 18.5. The largest absolute Gasteiger partial charge is 0.326 e. The minimum atomic E-state index is 0.940. The van der Waals surface area contributed by atoms with E-state index < -0.39 is 0 Å². The molecule has 2 bridgehead atoms. The molecular formula is C26H44N2+2. The standard InChI is InChI=1S/C26H44N2/c1-27(17-10-11-18-27)16-8-3-2-4-9-19-28-20-14-25(15-21-28)26(23-28)22-24-12-6-5-7-13-24/h5-7,12-13,25-26H,2-4,8-11,14-23H2,1H3/q+2. The van der Waals surface area contributed by atoms with Crippen molar-refractivity contribution in [1.82, 2.24) is 0 Å². The molecule has 0 aliphatic carbocycles. The molecule has 0 spiro atoms. The topological polar surface area (TPSA) is 0 Å². The highest BCUT2D eigenvalue weighted by atomic mass is 15.4. The Morgan fingerprint density at radius 2 is 1.43 bits per heavy atom. The molecule has 2 nitrogen and oxygen atoms in total. The lowest BCUT2D eigenvalue weighted by Crippen LogP contribution is -2.62. The van der Waals surface area contributed by atoms with Crippen LogP contribution >= 0.6 is 0 Å². The summed E-state index contributed by atoms with van der Waals surface area (Å²) in [5.41, 5.74) is 1.56. The van der Waals surface area contributed by atoms with E-state index >= 15 is 0 Å². The lowest BCUT2D eigenvalue weighted by atomic mass is 9.74. The fourth-order valence-corrected chi connectivity index (χ4v) is 6.69. The van der Waals surface area contributed by atoms with Gasteiger partial charge in [0.25, 0.3) is 0 Å². The predicted octanol–water partition coefficient (Wildman–Crippen LogP) is 5.28. The van der Waals surface area contributed by atoms with E-state index in [-0.39, 0.29) is 0 Å². The maximum atomic E-state index is 2.48. The fourth-order valence-electron chi connectivity index (χ4n) is 6.69. The van der Waals surface area contributed by atoms with Crippen molar-refractivity contribution in [3.63, 3.8) is 0 Å². The zero-order chi connectivity index (χ0) is 19.3. The normalized spacial score (nSPS) is 31.3. The minimum absolute atomic E-state index is 0.940. The molecule has 2 heteroatoms. The predicted molar refractivity (Wildman–Crippen MR) is 119 cm³/mol. The van der Waals surface area contributed by atoms with Crippen molar-refractivity contribution >= 4 is 0 Å². The third kappa shape index (κ3) is 5.19. The summed E-state index contributed by atoms with van der Waals surface area (Å²) in [6.45, 7) is 10.2.